The molecule has 1 N–H and O–H groups in total. The maximum Gasteiger partial charge on any atom is 0.229 e. The fourth-order valence-electron chi connectivity index (χ4n) is 3.14. The number of oxazole rings is 1. The molecule has 1 aliphatic heterocycles. The molecule has 6 nitrogen and oxygen atoms in total. The fraction of sp³-hybridized carbons (Fsp3) is 0.211. The minimum absolute atomic E-state index is 0.0704. The van der Waals surface area contributed by atoms with Crippen LogP contribution in [-0.2, 0) is 9.59 Å². The number of hydrogen-bond acceptors (Lipinski definition) is 4. The zero-order chi connectivity index (χ0) is 18.3. The molecule has 0 bridgehead atoms. The lowest BCUT2D eigenvalue weighted by molar-refractivity contribution is -0.122. The van der Waals surface area contributed by atoms with Crippen molar-refractivity contribution in [2.75, 3.05) is 16.8 Å². The van der Waals surface area contributed by atoms with Crippen LogP contribution in [-0.4, -0.2) is 23.3 Å². The lowest BCUT2D eigenvalue weighted by Crippen LogP contribution is -2.28. The largest absolute Gasteiger partial charge is 0.441 e. The first-order valence-corrected chi connectivity index (χ1v) is 9.03. The molecule has 0 spiro atoms. The van der Waals surface area contributed by atoms with E-state index in [0.717, 1.165) is 10.2 Å². The lowest BCUT2D eigenvalue weighted by Gasteiger charge is -2.16. The third-order valence-corrected chi connectivity index (χ3v) is 4.87. The highest BCUT2D eigenvalue weighted by Crippen LogP contribution is 2.29. The minimum atomic E-state index is -0.392. The molecule has 1 aromatic heterocycles. The summed E-state index contributed by atoms with van der Waals surface area (Å²) < 4.78 is 6.35. The van der Waals surface area contributed by atoms with Crippen LogP contribution in [0, 0.1) is 12.8 Å². The third kappa shape index (κ3) is 3.22. The van der Waals surface area contributed by atoms with Gasteiger partial charge in [-0.25, -0.2) is 4.98 Å². The Bertz CT molecular complexity index is 1010. The fourth-order valence-corrected chi connectivity index (χ4v) is 3.54. The van der Waals surface area contributed by atoms with Crippen molar-refractivity contribution in [1.29, 1.82) is 0 Å². The molecule has 0 unspecified atom stereocenters. The van der Waals surface area contributed by atoms with Crippen molar-refractivity contribution in [1.82, 2.24) is 4.98 Å². The van der Waals surface area contributed by atoms with Crippen LogP contribution in [0.4, 0.5) is 11.4 Å². The van der Waals surface area contributed by atoms with Gasteiger partial charge in [0.1, 0.15) is 5.52 Å². The summed E-state index contributed by atoms with van der Waals surface area (Å²) in [6.07, 6.45) is 0.190. The van der Waals surface area contributed by atoms with Gasteiger partial charge in [0.25, 0.3) is 0 Å². The maximum atomic E-state index is 12.5. The van der Waals surface area contributed by atoms with Gasteiger partial charge in [-0.3, -0.25) is 9.59 Å². The summed E-state index contributed by atoms with van der Waals surface area (Å²) >= 11 is 3.38. The van der Waals surface area contributed by atoms with Crippen LogP contribution in [0.3, 0.4) is 0 Å². The van der Waals surface area contributed by atoms with Crippen LogP contribution in [0.2, 0.25) is 0 Å². The number of halogens is 1. The molecule has 1 saturated heterocycles. The summed E-state index contributed by atoms with van der Waals surface area (Å²) in [6.45, 7) is 2.13. The van der Waals surface area contributed by atoms with Gasteiger partial charge in [0.15, 0.2) is 11.5 Å². The van der Waals surface area contributed by atoms with Crippen molar-refractivity contribution >= 4 is 50.2 Å². The average molecular weight is 414 g/mol. The Morgan fingerprint density at radius 3 is 2.96 bits per heavy atom. The van der Waals surface area contributed by atoms with Gasteiger partial charge in [-0.05, 0) is 36.4 Å². The van der Waals surface area contributed by atoms with Crippen LogP contribution >= 0.6 is 15.9 Å². The molecule has 0 aliphatic carbocycles. The standard InChI is InChI=1S/C19H16BrN3O3/c1-11-21-16-9-15(5-6-17(16)26-11)23-10-12(7-18(23)24)19(25)22-14-4-2-3-13(20)8-14/h2-6,8-9,12H,7,10H2,1H3,(H,22,25)/t12-/m1/s1. The van der Waals surface area contributed by atoms with E-state index < -0.39 is 5.92 Å². The highest BCUT2D eigenvalue weighted by molar-refractivity contribution is 9.10. The zero-order valence-corrected chi connectivity index (χ0v) is 15.6. The highest BCUT2D eigenvalue weighted by Gasteiger charge is 2.35. The summed E-state index contributed by atoms with van der Waals surface area (Å²) in [5, 5.41) is 2.88. The van der Waals surface area contributed by atoms with Crippen LogP contribution in [0.15, 0.2) is 51.4 Å². The third-order valence-electron chi connectivity index (χ3n) is 4.38. The number of fused-ring (bicyclic) bond motifs is 1. The van der Waals surface area contributed by atoms with E-state index >= 15 is 0 Å². The second kappa shape index (κ2) is 6.57. The van der Waals surface area contributed by atoms with E-state index in [-0.39, 0.29) is 18.2 Å². The van der Waals surface area contributed by atoms with Gasteiger partial charge in [-0.2, -0.15) is 0 Å². The van der Waals surface area contributed by atoms with E-state index in [0.29, 0.717) is 29.2 Å². The molecular weight excluding hydrogens is 398 g/mol. The van der Waals surface area contributed by atoms with Crippen LogP contribution in [0.25, 0.3) is 11.1 Å². The summed E-state index contributed by atoms with van der Waals surface area (Å²) in [5.74, 6) is -0.0383. The Balaban J connectivity index is 1.51. The number of hydrogen-bond donors (Lipinski definition) is 1. The lowest BCUT2D eigenvalue weighted by atomic mass is 10.1. The highest BCUT2D eigenvalue weighted by atomic mass is 79.9. The molecule has 2 amide bonds. The first kappa shape index (κ1) is 16.8. The predicted octanol–water partition coefficient (Wildman–Crippen LogP) is 3.89. The molecule has 1 aliphatic rings. The summed E-state index contributed by atoms with van der Waals surface area (Å²) in [5.41, 5.74) is 2.82. The zero-order valence-electron chi connectivity index (χ0n) is 14.0. The Morgan fingerprint density at radius 1 is 1.31 bits per heavy atom. The summed E-state index contributed by atoms with van der Waals surface area (Å²) in [7, 11) is 0. The van der Waals surface area contributed by atoms with Gasteiger partial charge < -0.3 is 14.6 Å². The molecule has 1 fully saturated rings. The van der Waals surface area contributed by atoms with Crippen molar-refractivity contribution in [2.24, 2.45) is 5.92 Å². The first-order chi connectivity index (χ1) is 12.5. The number of nitrogens with zero attached hydrogens (tertiary/aromatic N) is 2. The average Bonchev–Trinajstić information content (AvgIpc) is 3.16. The van der Waals surface area contributed by atoms with Gasteiger partial charge in [0, 0.05) is 35.7 Å². The Morgan fingerprint density at radius 2 is 2.15 bits per heavy atom. The number of benzene rings is 2. The minimum Gasteiger partial charge on any atom is -0.441 e. The molecule has 7 heteroatoms. The Hall–Kier alpha value is -2.67. The van der Waals surface area contributed by atoms with E-state index in [1.165, 1.54) is 0 Å². The molecule has 2 heterocycles. The van der Waals surface area contributed by atoms with Gasteiger partial charge in [-0.15, -0.1) is 0 Å². The number of aromatic nitrogens is 1. The number of amides is 2. The summed E-state index contributed by atoms with van der Waals surface area (Å²) in [6, 6.07) is 12.8. The molecule has 4 rings (SSSR count). The number of rotatable bonds is 3. The van der Waals surface area contributed by atoms with Crippen molar-refractivity contribution in [2.45, 2.75) is 13.3 Å². The Labute approximate surface area is 158 Å². The molecular formula is C19H16BrN3O3. The van der Waals surface area contributed by atoms with Crippen molar-refractivity contribution in [3.8, 4) is 0 Å². The molecule has 2 aromatic carbocycles. The molecule has 0 radical (unpaired) electrons. The van der Waals surface area contributed by atoms with E-state index in [1.54, 1.807) is 17.9 Å². The second-order valence-electron chi connectivity index (χ2n) is 6.29. The van der Waals surface area contributed by atoms with Crippen molar-refractivity contribution < 1.29 is 14.0 Å². The molecule has 0 saturated carbocycles. The SMILES string of the molecule is Cc1nc2cc(N3C[C@H](C(=O)Nc4cccc(Br)c4)CC3=O)ccc2o1. The predicted molar refractivity (Wildman–Crippen MR) is 102 cm³/mol. The van der Waals surface area contributed by atoms with Gasteiger partial charge in [0.2, 0.25) is 11.8 Å². The van der Waals surface area contributed by atoms with E-state index in [9.17, 15) is 9.59 Å². The quantitative estimate of drug-likeness (QED) is 0.706. The number of aryl methyl sites for hydroxylation is 1. The molecule has 3 aromatic rings. The van der Waals surface area contributed by atoms with Crippen molar-refractivity contribution in [3.63, 3.8) is 0 Å². The molecule has 26 heavy (non-hydrogen) atoms. The van der Waals surface area contributed by atoms with Crippen LogP contribution in [0.5, 0.6) is 0 Å². The van der Waals surface area contributed by atoms with Gasteiger partial charge >= 0.3 is 0 Å². The number of anilines is 2. The van der Waals surface area contributed by atoms with E-state index in [2.05, 4.69) is 26.2 Å². The van der Waals surface area contributed by atoms with Crippen LogP contribution in [0.1, 0.15) is 12.3 Å². The Kier molecular flexibility index (Phi) is 4.24. The number of carbonyl (C=O) groups excluding carboxylic acids is 2. The topological polar surface area (TPSA) is 75.4 Å². The second-order valence-corrected chi connectivity index (χ2v) is 7.21. The van der Waals surface area contributed by atoms with Crippen LogP contribution < -0.4 is 10.2 Å². The molecule has 132 valence electrons. The monoisotopic (exact) mass is 413 g/mol. The number of carbonyl (C=O) groups is 2. The normalized spacial score (nSPS) is 17.1. The molecule has 1 atom stereocenters. The summed E-state index contributed by atoms with van der Waals surface area (Å²) in [4.78, 5) is 30.9. The first-order valence-electron chi connectivity index (χ1n) is 8.23. The van der Waals surface area contributed by atoms with Gasteiger partial charge in [-0.1, -0.05) is 22.0 Å². The van der Waals surface area contributed by atoms with Crippen molar-refractivity contribution in [3.05, 3.63) is 52.8 Å². The number of nitrogens with one attached hydrogen (secondary N) is 1. The van der Waals surface area contributed by atoms with Gasteiger partial charge in [0.05, 0.1) is 5.92 Å². The smallest absolute Gasteiger partial charge is 0.229 e. The maximum absolute atomic E-state index is 12.5. The van der Waals surface area contributed by atoms with E-state index in [1.807, 2.05) is 36.4 Å². The van der Waals surface area contributed by atoms with E-state index in [4.69, 9.17) is 4.42 Å².